The number of phenolic OH excluding ortho intramolecular Hbond substituents is 1. The van der Waals surface area contributed by atoms with Crippen LogP contribution in [0.4, 0.5) is 5.69 Å². The monoisotopic (exact) mass is 438 g/mol. The lowest BCUT2D eigenvalue weighted by Crippen LogP contribution is -1.90. The molecule has 0 radical (unpaired) electrons. The Kier molecular flexibility index (Phi) is 5.80. The van der Waals surface area contributed by atoms with Gasteiger partial charge in [0.15, 0.2) is 5.58 Å². The number of fused-ring (bicyclic) bond motifs is 1. The van der Waals surface area contributed by atoms with E-state index in [9.17, 15) is 5.11 Å². The van der Waals surface area contributed by atoms with Crippen LogP contribution >= 0.6 is 23.2 Å². The molecule has 30 heavy (non-hydrogen) atoms. The van der Waals surface area contributed by atoms with Crippen LogP contribution < -0.4 is 0 Å². The van der Waals surface area contributed by atoms with Crippen LogP contribution in [-0.2, 0) is 0 Å². The number of oxazole rings is 1. The van der Waals surface area contributed by atoms with E-state index in [2.05, 4.69) is 36.0 Å². The predicted octanol–water partition coefficient (Wildman–Crippen LogP) is 7.77. The van der Waals surface area contributed by atoms with Crippen LogP contribution in [0.1, 0.15) is 37.3 Å². The highest BCUT2D eigenvalue weighted by Gasteiger charge is 2.11. The van der Waals surface area contributed by atoms with E-state index in [0.717, 1.165) is 23.1 Å². The number of phenols is 1. The van der Waals surface area contributed by atoms with E-state index in [-0.39, 0.29) is 10.8 Å². The molecule has 0 aliphatic heterocycles. The van der Waals surface area contributed by atoms with Crippen molar-refractivity contribution in [1.29, 1.82) is 0 Å². The quantitative estimate of drug-likeness (QED) is 0.323. The first-order valence-electron chi connectivity index (χ1n) is 9.67. The molecule has 0 saturated carbocycles. The number of hydrogen-bond acceptors (Lipinski definition) is 4. The van der Waals surface area contributed by atoms with Crippen molar-refractivity contribution in [2.24, 2.45) is 4.99 Å². The third-order valence-corrected chi connectivity index (χ3v) is 5.60. The third-order valence-electron chi connectivity index (χ3n) is 5.10. The molecular weight excluding hydrogens is 419 g/mol. The maximum absolute atomic E-state index is 10.1. The van der Waals surface area contributed by atoms with Crippen molar-refractivity contribution in [3.63, 3.8) is 0 Å². The first kappa shape index (κ1) is 20.5. The Bertz CT molecular complexity index is 1250. The summed E-state index contributed by atoms with van der Waals surface area (Å²) >= 11 is 12.0. The van der Waals surface area contributed by atoms with Gasteiger partial charge < -0.3 is 9.52 Å². The lowest BCUT2D eigenvalue weighted by Gasteiger charge is -2.07. The van der Waals surface area contributed by atoms with E-state index >= 15 is 0 Å². The van der Waals surface area contributed by atoms with Crippen LogP contribution in [0.5, 0.6) is 5.75 Å². The highest BCUT2D eigenvalue weighted by atomic mass is 35.5. The molecule has 0 unspecified atom stereocenters. The van der Waals surface area contributed by atoms with Gasteiger partial charge in [0.25, 0.3) is 0 Å². The summed E-state index contributed by atoms with van der Waals surface area (Å²) in [6, 6.07) is 16.8. The Morgan fingerprint density at radius 1 is 1.13 bits per heavy atom. The van der Waals surface area contributed by atoms with E-state index in [1.807, 2.05) is 30.3 Å². The zero-order valence-corrected chi connectivity index (χ0v) is 18.1. The van der Waals surface area contributed by atoms with Gasteiger partial charge in [0.1, 0.15) is 11.3 Å². The molecular formula is C24H20Cl2N2O2. The SMILES string of the molecule is CC[C@H](C)c1ccc2oc(-c3cccc(N=Cc4cc(Cl)cc(Cl)c4O)c3)nc2c1. The fraction of sp³-hybridized carbons (Fsp3) is 0.167. The number of benzene rings is 3. The second-order valence-corrected chi connectivity index (χ2v) is 8.03. The summed E-state index contributed by atoms with van der Waals surface area (Å²) in [5, 5.41) is 10.7. The summed E-state index contributed by atoms with van der Waals surface area (Å²) < 4.78 is 5.95. The predicted molar refractivity (Wildman–Crippen MR) is 124 cm³/mol. The Morgan fingerprint density at radius 2 is 1.97 bits per heavy atom. The smallest absolute Gasteiger partial charge is 0.227 e. The van der Waals surface area contributed by atoms with Gasteiger partial charge in [0.2, 0.25) is 5.89 Å². The summed E-state index contributed by atoms with van der Waals surface area (Å²) in [6.07, 6.45) is 2.60. The summed E-state index contributed by atoms with van der Waals surface area (Å²) in [6.45, 7) is 4.38. The van der Waals surface area contributed by atoms with Crippen LogP contribution in [0.15, 0.2) is 64.0 Å². The van der Waals surface area contributed by atoms with Crippen LogP contribution in [0, 0.1) is 0 Å². The molecule has 6 heteroatoms. The molecule has 4 aromatic rings. The maximum atomic E-state index is 10.1. The van der Waals surface area contributed by atoms with E-state index in [1.165, 1.54) is 17.8 Å². The van der Waals surface area contributed by atoms with Gasteiger partial charge >= 0.3 is 0 Å². The number of hydrogen-bond donors (Lipinski definition) is 1. The van der Waals surface area contributed by atoms with Crippen molar-refractivity contribution in [3.8, 4) is 17.2 Å². The molecule has 1 aromatic heterocycles. The number of rotatable bonds is 5. The van der Waals surface area contributed by atoms with Gasteiger partial charge in [-0.3, -0.25) is 4.99 Å². The Hall–Kier alpha value is -2.82. The first-order valence-corrected chi connectivity index (χ1v) is 10.4. The van der Waals surface area contributed by atoms with Crippen LogP contribution in [0.3, 0.4) is 0 Å². The fourth-order valence-electron chi connectivity index (χ4n) is 3.16. The highest BCUT2D eigenvalue weighted by Crippen LogP contribution is 2.32. The van der Waals surface area contributed by atoms with E-state index in [4.69, 9.17) is 27.6 Å². The normalized spacial score (nSPS) is 12.7. The molecule has 4 rings (SSSR count). The van der Waals surface area contributed by atoms with Crippen molar-refractivity contribution < 1.29 is 9.52 Å². The Labute approximate surface area is 184 Å². The molecule has 1 atom stereocenters. The summed E-state index contributed by atoms with van der Waals surface area (Å²) in [5.41, 5.74) is 4.80. The van der Waals surface area contributed by atoms with Gasteiger partial charge in [-0.05, 0) is 60.4 Å². The number of aliphatic imine (C=N–C) groups is 1. The topological polar surface area (TPSA) is 58.6 Å². The lowest BCUT2D eigenvalue weighted by molar-refractivity contribution is 0.475. The van der Waals surface area contributed by atoms with E-state index in [1.54, 1.807) is 6.07 Å². The maximum Gasteiger partial charge on any atom is 0.227 e. The van der Waals surface area contributed by atoms with E-state index in [0.29, 0.717) is 28.1 Å². The molecule has 0 fully saturated rings. The van der Waals surface area contributed by atoms with Crippen molar-refractivity contribution >= 4 is 46.2 Å². The second-order valence-electron chi connectivity index (χ2n) is 7.19. The number of nitrogens with zero attached hydrogens (tertiary/aromatic N) is 2. The van der Waals surface area contributed by atoms with Crippen LogP contribution in [0.25, 0.3) is 22.6 Å². The second kappa shape index (κ2) is 8.50. The molecule has 0 aliphatic rings. The van der Waals surface area contributed by atoms with Gasteiger partial charge in [-0.25, -0.2) is 4.98 Å². The van der Waals surface area contributed by atoms with Gasteiger partial charge in [0, 0.05) is 22.4 Å². The average molecular weight is 439 g/mol. The van der Waals surface area contributed by atoms with Gasteiger partial charge in [-0.15, -0.1) is 0 Å². The van der Waals surface area contributed by atoms with Gasteiger partial charge in [0.05, 0.1) is 10.7 Å². The molecule has 4 nitrogen and oxygen atoms in total. The molecule has 3 aromatic carbocycles. The molecule has 0 amide bonds. The lowest BCUT2D eigenvalue weighted by atomic mass is 9.98. The number of aromatic hydroxyl groups is 1. The van der Waals surface area contributed by atoms with E-state index < -0.39 is 0 Å². The van der Waals surface area contributed by atoms with Crippen LogP contribution in [0.2, 0.25) is 10.0 Å². The first-order chi connectivity index (χ1) is 14.4. The molecule has 0 spiro atoms. The minimum absolute atomic E-state index is 0.0583. The molecule has 152 valence electrons. The minimum atomic E-state index is -0.0583. The van der Waals surface area contributed by atoms with Gasteiger partial charge in [-0.1, -0.05) is 49.2 Å². The summed E-state index contributed by atoms with van der Waals surface area (Å²) in [4.78, 5) is 9.10. The highest BCUT2D eigenvalue weighted by molar-refractivity contribution is 6.36. The van der Waals surface area contributed by atoms with Crippen molar-refractivity contribution in [2.45, 2.75) is 26.2 Å². The van der Waals surface area contributed by atoms with Crippen molar-refractivity contribution in [3.05, 3.63) is 75.8 Å². The Balaban J connectivity index is 1.65. The Morgan fingerprint density at radius 3 is 2.77 bits per heavy atom. The molecule has 0 saturated heterocycles. The largest absolute Gasteiger partial charge is 0.506 e. The summed E-state index contributed by atoms with van der Waals surface area (Å²) in [7, 11) is 0. The third kappa shape index (κ3) is 4.20. The zero-order valence-electron chi connectivity index (χ0n) is 16.6. The van der Waals surface area contributed by atoms with Gasteiger partial charge in [-0.2, -0.15) is 0 Å². The zero-order chi connectivity index (χ0) is 21.3. The van der Waals surface area contributed by atoms with Crippen molar-refractivity contribution in [2.75, 3.05) is 0 Å². The minimum Gasteiger partial charge on any atom is -0.506 e. The standard InChI is InChI=1S/C24H20Cl2N2O2/c1-3-14(2)15-7-8-22-21(11-15)28-24(30-22)16-5-4-6-19(10-16)27-13-17-9-18(25)12-20(26)23(17)29/h4-14,29H,3H2,1-2H3/t14-/m0/s1. The molecule has 1 N–H and O–H groups in total. The fourth-order valence-corrected chi connectivity index (χ4v) is 3.67. The van der Waals surface area contributed by atoms with Crippen molar-refractivity contribution in [1.82, 2.24) is 4.98 Å². The summed E-state index contributed by atoms with van der Waals surface area (Å²) in [5.74, 6) is 0.956. The number of halogens is 2. The number of aromatic nitrogens is 1. The molecule has 0 aliphatic carbocycles. The molecule has 0 bridgehead atoms. The van der Waals surface area contributed by atoms with Crippen LogP contribution in [-0.4, -0.2) is 16.3 Å². The molecule has 1 heterocycles. The average Bonchev–Trinajstić information content (AvgIpc) is 3.18.